The Morgan fingerprint density at radius 3 is 2.37 bits per heavy atom. The monoisotopic (exact) mass is 288 g/mol. The molecule has 4 heteroatoms. The van der Waals surface area contributed by atoms with E-state index in [2.05, 4.69) is 18.4 Å². The minimum atomic E-state index is 0.617. The van der Waals surface area contributed by atoms with Gasteiger partial charge in [-0.2, -0.15) is 0 Å². The first-order valence-corrected chi connectivity index (χ1v) is 8.41. The predicted molar refractivity (Wildman–Crippen MR) is 81.7 cm³/mol. The fourth-order valence-electron chi connectivity index (χ4n) is 1.82. The summed E-state index contributed by atoms with van der Waals surface area (Å²) >= 11 is 1.86. The third-order valence-corrected chi connectivity index (χ3v) is 4.02. The van der Waals surface area contributed by atoms with Gasteiger partial charge in [0.25, 0.3) is 0 Å². The Labute approximate surface area is 122 Å². The van der Waals surface area contributed by atoms with Crippen LogP contribution in [0, 0.1) is 0 Å². The summed E-state index contributed by atoms with van der Waals surface area (Å²) in [7, 11) is 0. The van der Waals surface area contributed by atoms with E-state index in [4.69, 9.17) is 14.2 Å². The van der Waals surface area contributed by atoms with Gasteiger partial charge in [0.05, 0.1) is 33.0 Å². The van der Waals surface area contributed by atoms with Gasteiger partial charge in [-0.25, -0.2) is 0 Å². The summed E-state index contributed by atoms with van der Waals surface area (Å²) in [6, 6.07) is 0. The normalized spacial score (nSPS) is 18.3. The Bertz CT molecular complexity index is 213. The Morgan fingerprint density at radius 2 is 1.68 bits per heavy atom. The number of hydrogen-bond donors (Lipinski definition) is 0. The van der Waals surface area contributed by atoms with E-state index in [-0.39, 0.29) is 0 Å². The summed E-state index contributed by atoms with van der Waals surface area (Å²) in [5.74, 6) is 0. The molecule has 1 aliphatic heterocycles. The van der Waals surface area contributed by atoms with Crippen molar-refractivity contribution in [1.82, 2.24) is 0 Å². The van der Waals surface area contributed by atoms with Crippen molar-refractivity contribution in [2.45, 2.75) is 44.3 Å². The number of hydrogen-bond acceptors (Lipinski definition) is 4. The fourth-order valence-corrected chi connectivity index (χ4v) is 2.66. The first kappa shape index (κ1) is 17.0. The molecule has 0 spiro atoms. The van der Waals surface area contributed by atoms with E-state index in [1.807, 2.05) is 11.8 Å². The third kappa shape index (κ3) is 10.4. The predicted octanol–water partition coefficient (Wildman–Crippen LogP) is 3.64. The second-order valence-corrected chi connectivity index (χ2v) is 5.94. The van der Waals surface area contributed by atoms with E-state index >= 15 is 0 Å². The molecule has 0 amide bonds. The minimum absolute atomic E-state index is 0.617. The second-order valence-electron chi connectivity index (χ2n) is 4.73. The molecule has 3 nitrogen and oxygen atoms in total. The van der Waals surface area contributed by atoms with E-state index in [1.54, 1.807) is 0 Å². The first-order valence-electron chi connectivity index (χ1n) is 7.47. The van der Waals surface area contributed by atoms with Crippen molar-refractivity contribution in [3.63, 3.8) is 0 Å². The zero-order valence-electron chi connectivity index (χ0n) is 12.1. The SMILES string of the molecule is CCCCCCOCCOCCOCC1CC=CS1. The van der Waals surface area contributed by atoms with Gasteiger partial charge in [0.1, 0.15) is 0 Å². The average molecular weight is 288 g/mol. The Balaban J connectivity index is 1.67. The molecule has 0 saturated carbocycles. The van der Waals surface area contributed by atoms with Crippen LogP contribution in [0.1, 0.15) is 39.0 Å². The molecule has 0 radical (unpaired) electrons. The van der Waals surface area contributed by atoms with E-state index in [0.717, 1.165) is 19.6 Å². The van der Waals surface area contributed by atoms with Gasteiger partial charge in [-0.1, -0.05) is 32.3 Å². The van der Waals surface area contributed by atoms with Crippen molar-refractivity contribution < 1.29 is 14.2 Å². The molecule has 0 aromatic carbocycles. The van der Waals surface area contributed by atoms with Crippen LogP contribution < -0.4 is 0 Å². The minimum Gasteiger partial charge on any atom is -0.379 e. The molecule has 0 aromatic heterocycles. The van der Waals surface area contributed by atoms with Gasteiger partial charge in [0, 0.05) is 11.9 Å². The van der Waals surface area contributed by atoms with Gasteiger partial charge in [0.2, 0.25) is 0 Å². The van der Waals surface area contributed by atoms with Crippen molar-refractivity contribution in [2.75, 3.05) is 39.6 Å². The van der Waals surface area contributed by atoms with Crippen molar-refractivity contribution in [3.05, 3.63) is 11.5 Å². The molecule has 1 unspecified atom stereocenters. The molecular formula is C15H28O3S. The second kappa shape index (κ2) is 13.0. The van der Waals surface area contributed by atoms with Crippen LogP contribution in [0.25, 0.3) is 0 Å². The highest BCUT2D eigenvalue weighted by Crippen LogP contribution is 2.23. The molecule has 0 bridgehead atoms. The van der Waals surface area contributed by atoms with Crippen LogP contribution in [0.4, 0.5) is 0 Å². The van der Waals surface area contributed by atoms with E-state index < -0.39 is 0 Å². The molecule has 112 valence electrons. The Morgan fingerprint density at radius 1 is 0.947 bits per heavy atom. The van der Waals surface area contributed by atoms with E-state index in [0.29, 0.717) is 31.7 Å². The molecular weight excluding hydrogens is 260 g/mol. The van der Waals surface area contributed by atoms with Gasteiger partial charge in [-0.15, -0.1) is 11.8 Å². The quantitative estimate of drug-likeness (QED) is 0.484. The highest BCUT2D eigenvalue weighted by molar-refractivity contribution is 8.03. The van der Waals surface area contributed by atoms with Gasteiger partial charge in [-0.05, 0) is 18.2 Å². The lowest BCUT2D eigenvalue weighted by Gasteiger charge is -2.10. The zero-order chi connectivity index (χ0) is 13.6. The lowest BCUT2D eigenvalue weighted by atomic mass is 10.2. The van der Waals surface area contributed by atoms with Crippen molar-refractivity contribution in [2.24, 2.45) is 0 Å². The number of thioether (sulfide) groups is 1. The number of rotatable bonds is 13. The molecule has 1 atom stereocenters. The molecule has 0 N–H and O–H groups in total. The van der Waals surface area contributed by atoms with Crippen LogP contribution in [-0.2, 0) is 14.2 Å². The topological polar surface area (TPSA) is 27.7 Å². The molecule has 0 saturated heterocycles. The molecule has 0 aliphatic carbocycles. The largest absolute Gasteiger partial charge is 0.379 e. The van der Waals surface area contributed by atoms with Crippen LogP contribution in [0.5, 0.6) is 0 Å². The van der Waals surface area contributed by atoms with Gasteiger partial charge < -0.3 is 14.2 Å². The van der Waals surface area contributed by atoms with E-state index in [9.17, 15) is 0 Å². The van der Waals surface area contributed by atoms with Crippen LogP contribution in [0.3, 0.4) is 0 Å². The van der Waals surface area contributed by atoms with Crippen LogP contribution >= 0.6 is 11.8 Å². The Hall–Kier alpha value is -0.0300. The molecule has 1 heterocycles. The summed E-state index contributed by atoms with van der Waals surface area (Å²) in [4.78, 5) is 0. The van der Waals surface area contributed by atoms with E-state index in [1.165, 1.54) is 25.7 Å². The summed E-state index contributed by atoms with van der Waals surface area (Å²) < 4.78 is 16.5. The Kier molecular flexibility index (Phi) is 11.6. The first-order chi connectivity index (χ1) is 9.43. The van der Waals surface area contributed by atoms with Crippen LogP contribution in [0.2, 0.25) is 0 Å². The maximum atomic E-state index is 5.56. The van der Waals surface area contributed by atoms with Crippen LogP contribution in [0.15, 0.2) is 11.5 Å². The van der Waals surface area contributed by atoms with Gasteiger partial charge in [0.15, 0.2) is 0 Å². The molecule has 19 heavy (non-hydrogen) atoms. The smallest absolute Gasteiger partial charge is 0.0701 e. The highest BCUT2D eigenvalue weighted by atomic mass is 32.2. The van der Waals surface area contributed by atoms with Gasteiger partial charge >= 0.3 is 0 Å². The molecule has 1 aliphatic rings. The standard InChI is InChI=1S/C15H28O3S/c1-2-3-4-5-8-16-9-10-17-11-12-18-14-15-7-6-13-19-15/h6,13,15H,2-5,7-12,14H2,1H3. The number of allylic oxidation sites excluding steroid dienone is 1. The fraction of sp³-hybridized carbons (Fsp3) is 0.867. The van der Waals surface area contributed by atoms with Crippen LogP contribution in [-0.4, -0.2) is 44.9 Å². The summed E-state index contributed by atoms with van der Waals surface area (Å²) in [6.07, 6.45) is 8.37. The summed E-state index contributed by atoms with van der Waals surface area (Å²) in [5.41, 5.74) is 0. The molecule has 1 rings (SSSR count). The van der Waals surface area contributed by atoms with Crippen molar-refractivity contribution in [1.29, 1.82) is 0 Å². The lowest BCUT2D eigenvalue weighted by Crippen LogP contribution is -2.14. The molecule has 0 fully saturated rings. The summed E-state index contributed by atoms with van der Waals surface area (Å²) in [5, 5.41) is 2.77. The van der Waals surface area contributed by atoms with Gasteiger partial charge in [-0.3, -0.25) is 0 Å². The third-order valence-electron chi connectivity index (χ3n) is 2.96. The number of ether oxygens (including phenoxy) is 3. The van der Waals surface area contributed by atoms with Crippen molar-refractivity contribution >= 4 is 11.8 Å². The zero-order valence-corrected chi connectivity index (χ0v) is 13.0. The summed E-state index contributed by atoms with van der Waals surface area (Å²) in [6.45, 7) is 6.66. The maximum Gasteiger partial charge on any atom is 0.0701 e. The van der Waals surface area contributed by atoms with Crippen molar-refractivity contribution in [3.8, 4) is 0 Å². The molecule has 0 aromatic rings. The highest BCUT2D eigenvalue weighted by Gasteiger charge is 2.10. The number of unbranched alkanes of at least 4 members (excludes halogenated alkanes) is 3. The maximum absolute atomic E-state index is 5.56. The lowest BCUT2D eigenvalue weighted by molar-refractivity contribution is 0.0143. The average Bonchev–Trinajstić information content (AvgIpc) is 2.93.